The van der Waals surface area contributed by atoms with Crippen molar-refractivity contribution >= 4 is 5.97 Å². The molecule has 0 aromatic carbocycles. The van der Waals surface area contributed by atoms with Crippen LogP contribution in [0.25, 0.3) is 0 Å². The zero-order chi connectivity index (χ0) is 15.0. The van der Waals surface area contributed by atoms with Gasteiger partial charge in [-0.2, -0.15) is 13.2 Å². The average Bonchev–Trinajstić information content (AvgIpc) is 3.02. The van der Waals surface area contributed by atoms with Gasteiger partial charge in [0.2, 0.25) is 0 Å². The van der Waals surface area contributed by atoms with Crippen molar-refractivity contribution < 1.29 is 23.1 Å². The smallest absolute Gasteiger partial charge is 0.390 e. The SMILES string of the molecule is CN(CCC(F)(F)F)C1CCC(NC2CC2)(C(=O)O)C1. The van der Waals surface area contributed by atoms with Gasteiger partial charge in [-0.3, -0.25) is 10.1 Å². The summed E-state index contributed by atoms with van der Waals surface area (Å²) in [5.41, 5.74) is -0.946. The fourth-order valence-electron chi connectivity index (χ4n) is 2.89. The summed E-state index contributed by atoms with van der Waals surface area (Å²) in [6.07, 6.45) is -1.54. The highest BCUT2D eigenvalue weighted by atomic mass is 19.4. The first kappa shape index (κ1) is 15.6. The van der Waals surface area contributed by atoms with Gasteiger partial charge < -0.3 is 10.0 Å². The van der Waals surface area contributed by atoms with E-state index in [9.17, 15) is 23.1 Å². The number of carboxylic acid groups (broad SMARTS) is 1. The first-order valence-corrected chi connectivity index (χ1v) is 7.00. The Kier molecular flexibility index (Phi) is 4.30. The summed E-state index contributed by atoms with van der Waals surface area (Å²) in [6.45, 7) is -0.0761. The lowest BCUT2D eigenvalue weighted by Crippen LogP contribution is -2.52. The molecule has 2 atom stereocenters. The molecule has 4 nitrogen and oxygen atoms in total. The van der Waals surface area contributed by atoms with Crippen LogP contribution in [0.15, 0.2) is 0 Å². The van der Waals surface area contributed by atoms with Gasteiger partial charge in [-0.05, 0) is 39.2 Å². The van der Waals surface area contributed by atoms with Gasteiger partial charge >= 0.3 is 12.1 Å². The van der Waals surface area contributed by atoms with E-state index in [2.05, 4.69) is 5.32 Å². The van der Waals surface area contributed by atoms with Crippen molar-refractivity contribution in [2.24, 2.45) is 0 Å². The lowest BCUT2D eigenvalue weighted by atomic mass is 9.97. The first-order valence-electron chi connectivity index (χ1n) is 7.00. The Bertz CT molecular complexity index is 371. The van der Waals surface area contributed by atoms with Crippen LogP contribution in [0.4, 0.5) is 13.2 Å². The van der Waals surface area contributed by atoms with Crippen LogP contribution in [0, 0.1) is 0 Å². The highest BCUT2D eigenvalue weighted by Crippen LogP contribution is 2.36. The standard InChI is InChI=1S/C13H21F3N2O2/c1-18(7-6-13(14,15)16)10-4-5-12(8-10,11(19)20)17-9-2-3-9/h9-10,17H,2-8H2,1H3,(H,19,20). The quantitative estimate of drug-likeness (QED) is 0.787. The molecule has 20 heavy (non-hydrogen) atoms. The Hall–Kier alpha value is -0.820. The molecule has 7 heteroatoms. The van der Waals surface area contributed by atoms with Crippen LogP contribution in [0.2, 0.25) is 0 Å². The number of carboxylic acids is 1. The number of nitrogens with zero attached hydrogens (tertiary/aromatic N) is 1. The molecule has 0 radical (unpaired) electrons. The second-order valence-corrected chi connectivity index (χ2v) is 6.05. The maximum atomic E-state index is 12.2. The van der Waals surface area contributed by atoms with E-state index in [0.717, 1.165) is 12.8 Å². The summed E-state index contributed by atoms with van der Waals surface area (Å²) in [4.78, 5) is 13.2. The number of rotatable bonds is 6. The third kappa shape index (κ3) is 3.85. The van der Waals surface area contributed by atoms with Crippen molar-refractivity contribution in [3.8, 4) is 0 Å². The number of nitrogens with one attached hydrogen (secondary N) is 1. The first-order chi connectivity index (χ1) is 9.22. The molecule has 0 saturated heterocycles. The van der Waals surface area contributed by atoms with Crippen LogP contribution in [-0.4, -0.2) is 53.4 Å². The molecule has 0 bridgehead atoms. The third-order valence-electron chi connectivity index (χ3n) is 4.33. The molecule has 116 valence electrons. The van der Waals surface area contributed by atoms with Crippen LogP contribution in [0.3, 0.4) is 0 Å². The summed E-state index contributed by atoms with van der Waals surface area (Å²) in [7, 11) is 1.64. The van der Waals surface area contributed by atoms with E-state index in [-0.39, 0.29) is 18.6 Å². The fourth-order valence-corrected chi connectivity index (χ4v) is 2.89. The van der Waals surface area contributed by atoms with Crippen LogP contribution < -0.4 is 5.32 Å². The number of hydrogen-bond acceptors (Lipinski definition) is 3. The van der Waals surface area contributed by atoms with E-state index in [4.69, 9.17) is 0 Å². The van der Waals surface area contributed by atoms with Gasteiger partial charge in [0, 0.05) is 18.6 Å². The molecular weight excluding hydrogens is 273 g/mol. The Morgan fingerprint density at radius 2 is 2.05 bits per heavy atom. The molecular formula is C13H21F3N2O2. The van der Waals surface area contributed by atoms with Crippen LogP contribution >= 0.6 is 0 Å². The molecule has 2 saturated carbocycles. The van der Waals surface area contributed by atoms with Gasteiger partial charge in [-0.25, -0.2) is 0 Å². The molecule has 2 rings (SSSR count). The molecule has 2 unspecified atom stereocenters. The number of halogens is 3. The number of hydrogen-bond donors (Lipinski definition) is 2. The maximum Gasteiger partial charge on any atom is 0.390 e. The third-order valence-corrected chi connectivity index (χ3v) is 4.33. The lowest BCUT2D eigenvalue weighted by Gasteiger charge is -2.29. The van der Waals surface area contributed by atoms with Gasteiger partial charge in [-0.1, -0.05) is 0 Å². The lowest BCUT2D eigenvalue weighted by molar-refractivity contribution is -0.145. The van der Waals surface area contributed by atoms with E-state index in [1.54, 1.807) is 11.9 Å². The highest BCUT2D eigenvalue weighted by molar-refractivity contribution is 5.79. The monoisotopic (exact) mass is 294 g/mol. The van der Waals surface area contributed by atoms with Crippen molar-refractivity contribution in [1.82, 2.24) is 10.2 Å². The van der Waals surface area contributed by atoms with E-state index in [1.165, 1.54) is 0 Å². The molecule has 2 aliphatic rings. The normalized spacial score (nSPS) is 30.9. The summed E-state index contributed by atoms with van der Waals surface area (Å²) >= 11 is 0. The Morgan fingerprint density at radius 3 is 2.55 bits per heavy atom. The van der Waals surface area contributed by atoms with Crippen LogP contribution in [0.5, 0.6) is 0 Å². The second kappa shape index (κ2) is 5.52. The zero-order valence-corrected chi connectivity index (χ0v) is 11.5. The molecule has 2 aliphatic carbocycles. The number of aliphatic carboxylic acids is 1. The van der Waals surface area contributed by atoms with E-state index >= 15 is 0 Å². The summed E-state index contributed by atoms with van der Waals surface area (Å²) in [6, 6.07) is 0.171. The zero-order valence-electron chi connectivity index (χ0n) is 11.5. The minimum absolute atomic E-state index is 0.0761. The van der Waals surface area contributed by atoms with E-state index < -0.39 is 24.1 Å². The minimum Gasteiger partial charge on any atom is -0.480 e. The molecule has 0 aromatic heterocycles. The molecule has 0 aliphatic heterocycles. The number of alkyl halides is 3. The van der Waals surface area contributed by atoms with Crippen molar-refractivity contribution in [3.63, 3.8) is 0 Å². The molecule has 0 amide bonds. The van der Waals surface area contributed by atoms with Crippen LogP contribution in [0.1, 0.15) is 38.5 Å². The fraction of sp³-hybridized carbons (Fsp3) is 0.923. The predicted octanol–water partition coefficient (Wildman–Crippen LogP) is 2.00. The Morgan fingerprint density at radius 1 is 1.40 bits per heavy atom. The van der Waals surface area contributed by atoms with Gasteiger partial charge in [0.15, 0.2) is 0 Å². The molecule has 0 spiro atoms. The second-order valence-electron chi connectivity index (χ2n) is 6.05. The van der Waals surface area contributed by atoms with Gasteiger partial charge in [0.1, 0.15) is 5.54 Å². The average molecular weight is 294 g/mol. The Balaban J connectivity index is 1.90. The molecule has 2 N–H and O–H groups in total. The van der Waals surface area contributed by atoms with Crippen LogP contribution in [-0.2, 0) is 4.79 Å². The van der Waals surface area contributed by atoms with Crippen molar-refractivity contribution in [3.05, 3.63) is 0 Å². The predicted molar refractivity (Wildman–Crippen MR) is 67.5 cm³/mol. The summed E-state index contributed by atoms with van der Waals surface area (Å²) < 4.78 is 36.7. The van der Waals surface area contributed by atoms with Crippen molar-refractivity contribution in [2.45, 2.75) is 62.3 Å². The maximum absolute atomic E-state index is 12.2. The van der Waals surface area contributed by atoms with Crippen molar-refractivity contribution in [2.75, 3.05) is 13.6 Å². The topological polar surface area (TPSA) is 52.6 Å². The minimum atomic E-state index is -4.16. The molecule has 2 fully saturated rings. The van der Waals surface area contributed by atoms with Gasteiger partial charge in [0.25, 0.3) is 0 Å². The summed E-state index contributed by atoms with van der Waals surface area (Å²) in [5.74, 6) is -0.879. The van der Waals surface area contributed by atoms with Gasteiger partial charge in [-0.15, -0.1) is 0 Å². The van der Waals surface area contributed by atoms with E-state index in [0.29, 0.717) is 19.3 Å². The van der Waals surface area contributed by atoms with E-state index in [1.807, 2.05) is 0 Å². The number of carbonyl (C=O) groups is 1. The highest BCUT2D eigenvalue weighted by Gasteiger charge is 2.49. The largest absolute Gasteiger partial charge is 0.480 e. The van der Waals surface area contributed by atoms with Gasteiger partial charge in [0.05, 0.1) is 6.42 Å². The Labute approximate surface area is 116 Å². The molecule has 0 aromatic rings. The molecule has 0 heterocycles. The summed E-state index contributed by atoms with van der Waals surface area (Å²) in [5, 5.41) is 12.6. The van der Waals surface area contributed by atoms with Crippen molar-refractivity contribution in [1.29, 1.82) is 0 Å².